The number of aromatic nitrogens is 5. The zero-order valence-corrected chi connectivity index (χ0v) is 52.1. The number of fused-ring (bicyclic) bond motifs is 5. The minimum Gasteiger partial charge on any atom is -0.491 e. The highest BCUT2D eigenvalue weighted by molar-refractivity contribution is 5.97. The van der Waals surface area contributed by atoms with E-state index >= 15 is 0 Å². The first-order chi connectivity index (χ1) is 36.6. The van der Waals surface area contributed by atoms with Crippen molar-refractivity contribution >= 4 is 28.3 Å². The van der Waals surface area contributed by atoms with Crippen molar-refractivity contribution in [3.63, 3.8) is 0 Å². The van der Waals surface area contributed by atoms with E-state index in [0.29, 0.717) is 6.61 Å². The summed E-state index contributed by atoms with van der Waals surface area (Å²) in [5.41, 5.74) is 12.3. The molecule has 0 unspecified atom stereocenters. The number of hydrogen-bond donors (Lipinski definition) is 0. The Balaban J connectivity index is 0.000000160. The maximum absolute atomic E-state index is 12.0. The molecule has 0 radical (unpaired) electrons. The Kier molecular flexibility index (Phi) is 19.0. The van der Waals surface area contributed by atoms with Crippen LogP contribution in [-0.4, -0.2) is 76.3 Å². The van der Waals surface area contributed by atoms with E-state index in [1.54, 1.807) is 18.0 Å². The summed E-state index contributed by atoms with van der Waals surface area (Å²) >= 11 is 0. The van der Waals surface area contributed by atoms with Gasteiger partial charge in [-0.1, -0.05) is 123 Å². The first-order valence-electron chi connectivity index (χ1n) is 28.4. The number of nitrogens with zero attached hydrogens (tertiary/aromatic N) is 7. The molecule has 0 spiro atoms. The number of amides is 1. The van der Waals surface area contributed by atoms with Crippen LogP contribution < -0.4 is 29.4 Å². The maximum atomic E-state index is 12.0. The molecule has 4 aliphatic heterocycles. The number of carbonyl (C=O) groups is 1. The van der Waals surface area contributed by atoms with Crippen LogP contribution in [0.3, 0.4) is 0 Å². The highest BCUT2D eigenvalue weighted by Gasteiger charge is 2.33. The van der Waals surface area contributed by atoms with Crippen LogP contribution in [0.15, 0.2) is 78.0 Å². The summed E-state index contributed by atoms with van der Waals surface area (Å²) in [4.78, 5) is 36.1. The second kappa shape index (κ2) is 24.3. The monoisotopic (exact) mass is 1080 g/mol. The van der Waals surface area contributed by atoms with Gasteiger partial charge in [0.05, 0.1) is 60.2 Å². The van der Waals surface area contributed by atoms with Crippen LogP contribution in [0, 0.1) is 6.92 Å². The van der Waals surface area contributed by atoms with Gasteiger partial charge in [0, 0.05) is 61.8 Å². The van der Waals surface area contributed by atoms with E-state index in [9.17, 15) is 9.59 Å². The van der Waals surface area contributed by atoms with Gasteiger partial charge in [0.2, 0.25) is 0 Å². The highest BCUT2D eigenvalue weighted by atomic mass is 16.5. The van der Waals surface area contributed by atoms with Gasteiger partial charge in [0.25, 0.3) is 5.91 Å². The Morgan fingerprint density at radius 3 is 1.97 bits per heavy atom. The summed E-state index contributed by atoms with van der Waals surface area (Å²) in [5.74, 6) is 3.69. The van der Waals surface area contributed by atoms with Crippen LogP contribution in [-0.2, 0) is 62.7 Å². The first kappa shape index (κ1) is 62.0. The lowest BCUT2D eigenvalue weighted by Gasteiger charge is -2.32. The zero-order valence-electron chi connectivity index (χ0n) is 52.1. The molecule has 430 valence electrons. The van der Waals surface area contributed by atoms with Gasteiger partial charge in [0.15, 0.2) is 23.6 Å². The van der Waals surface area contributed by atoms with Crippen molar-refractivity contribution < 1.29 is 23.7 Å². The van der Waals surface area contributed by atoms with Crippen LogP contribution in [0.5, 0.6) is 17.2 Å². The average molecular weight is 1080 g/mol. The lowest BCUT2D eigenvalue weighted by atomic mass is 9.85. The predicted octanol–water partition coefficient (Wildman–Crippen LogP) is 13.8. The Hall–Kier alpha value is -6.21. The molecule has 0 atom stereocenters. The first-order valence-corrected chi connectivity index (χ1v) is 28.4. The zero-order chi connectivity index (χ0) is 58.6. The highest BCUT2D eigenvalue weighted by Crippen LogP contribution is 2.38. The number of aryl methyl sites for hydroxylation is 3. The Labute approximate surface area is 473 Å². The number of rotatable bonds is 2. The lowest BCUT2D eigenvalue weighted by Crippen LogP contribution is -2.36. The van der Waals surface area contributed by atoms with Crippen LogP contribution >= 0.6 is 0 Å². The fourth-order valence-corrected chi connectivity index (χ4v) is 9.98. The van der Waals surface area contributed by atoms with Gasteiger partial charge in [-0.3, -0.25) is 19.3 Å². The third kappa shape index (κ3) is 15.6. The van der Waals surface area contributed by atoms with E-state index in [-0.39, 0.29) is 50.6 Å². The van der Waals surface area contributed by atoms with Gasteiger partial charge in [-0.2, -0.15) is 5.10 Å². The molecule has 13 heteroatoms. The smallest absolute Gasteiger partial charge is 0.264 e. The molecule has 0 aliphatic carbocycles. The van der Waals surface area contributed by atoms with Crippen LogP contribution in [0.25, 0.3) is 10.9 Å². The topological polar surface area (TPSA) is 126 Å². The van der Waals surface area contributed by atoms with E-state index in [4.69, 9.17) is 18.9 Å². The van der Waals surface area contributed by atoms with Gasteiger partial charge in [0.1, 0.15) is 18.1 Å². The average Bonchev–Trinajstić information content (AvgIpc) is 3.74. The number of anilines is 2. The van der Waals surface area contributed by atoms with E-state index in [0.717, 1.165) is 103 Å². The Morgan fingerprint density at radius 1 is 0.684 bits per heavy atom. The minimum atomic E-state index is -0.0966. The standard InChI is InChI=1S/C16H21NO.C13H22N2O.C13H17NO2.C12H18N2O.C12H17NO/c1-5-9-17-10-8-15(18)13-11-12(16(2,3)4)6-7-14(13)17;1-9-11(12(2,3)4)10-7-16-13(5,6)8-15(10)14-9;1-13(2,3)9-5-6-11-10(7-9)14(4)12(15)8-16-11;1-12(2,3)9-7-10-11(13-8-9)14(4)5-6-15-10;1-12(2,3)9-6-7-13-10-5-4-8-14-11(9)10/h6-8,10-11H,5,9H2,1-4H3;7-8H2,1-6H3;5-7H,8H2,1-4H3;7-8H,5-6H2,1-4H3;6-7H,4-5,8H2,1-3H3. The van der Waals surface area contributed by atoms with Crippen molar-refractivity contribution in [3.8, 4) is 17.2 Å². The van der Waals surface area contributed by atoms with Crippen molar-refractivity contribution in [2.45, 2.75) is 203 Å². The number of ether oxygens (including phenoxy) is 4. The molecule has 6 aromatic rings. The van der Waals surface area contributed by atoms with Gasteiger partial charge >= 0.3 is 0 Å². The summed E-state index contributed by atoms with van der Waals surface area (Å²) < 4.78 is 26.9. The summed E-state index contributed by atoms with van der Waals surface area (Å²) in [7, 11) is 3.83. The Bertz CT molecular complexity index is 3130. The number of benzene rings is 2. The van der Waals surface area contributed by atoms with Crippen LogP contribution in [0.4, 0.5) is 11.5 Å². The number of likely N-dealkylation sites (N-methyl/N-ethyl adjacent to an activating group) is 2. The van der Waals surface area contributed by atoms with Crippen LogP contribution in [0.1, 0.15) is 182 Å². The third-order valence-corrected chi connectivity index (χ3v) is 14.7. The van der Waals surface area contributed by atoms with Crippen molar-refractivity contribution in [1.29, 1.82) is 0 Å². The molecule has 0 bridgehead atoms. The quantitative estimate of drug-likeness (QED) is 0.165. The molecule has 13 nitrogen and oxygen atoms in total. The number of carbonyl (C=O) groups excluding carboxylic acids is 1. The summed E-state index contributed by atoms with van der Waals surface area (Å²) in [6.45, 7) is 46.4. The largest absolute Gasteiger partial charge is 0.491 e. The summed E-state index contributed by atoms with van der Waals surface area (Å²) in [6, 6.07) is 18.1. The molecule has 0 fully saturated rings. The van der Waals surface area contributed by atoms with Crippen molar-refractivity contribution in [2.75, 3.05) is 50.3 Å². The van der Waals surface area contributed by atoms with E-state index < -0.39 is 0 Å². The van der Waals surface area contributed by atoms with Gasteiger partial charge in [-0.25, -0.2) is 4.98 Å². The van der Waals surface area contributed by atoms with Crippen molar-refractivity contribution in [2.24, 2.45) is 0 Å². The minimum absolute atomic E-state index is 0.00133. The molecule has 0 saturated heterocycles. The predicted molar refractivity (Wildman–Crippen MR) is 324 cm³/mol. The second-order valence-electron chi connectivity index (χ2n) is 27.3. The van der Waals surface area contributed by atoms with Crippen molar-refractivity contribution in [3.05, 3.63) is 128 Å². The molecule has 0 saturated carbocycles. The molecule has 2 aromatic carbocycles. The molecule has 79 heavy (non-hydrogen) atoms. The molecule has 10 rings (SSSR count). The molecule has 4 aliphatic rings. The lowest BCUT2D eigenvalue weighted by molar-refractivity contribution is -0.121. The van der Waals surface area contributed by atoms with Gasteiger partial charge < -0.3 is 33.3 Å². The molecular weight excluding hydrogens is 987 g/mol. The SMILES string of the molecule is CC(C)(C)c1ccnc2c1OCCC2.CCCn1ccc(=O)c2cc(C(C)(C)C)ccc21.CN1C(=O)COc2ccc(C(C)(C)C)cc21.CN1CCOc2cc(C(C)(C)C)cnc21.Cc1nn2c(c1C(C)(C)C)COC(C)(C)C2. The maximum Gasteiger partial charge on any atom is 0.264 e. The number of hydrogen-bond acceptors (Lipinski definition) is 10. The second-order valence-corrected chi connectivity index (χ2v) is 27.3. The van der Waals surface area contributed by atoms with E-state index in [2.05, 4.69) is 191 Å². The Morgan fingerprint density at radius 2 is 1.34 bits per heavy atom. The van der Waals surface area contributed by atoms with Crippen LogP contribution in [0.2, 0.25) is 0 Å². The van der Waals surface area contributed by atoms with E-state index in [1.165, 1.54) is 33.5 Å². The molecule has 0 N–H and O–H groups in total. The summed E-state index contributed by atoms with van der Waals surface area (Å²) in [5, 5.41) is 5.48. The summed E-state index contributed by atoms with van der Waals surface area (Å²) in [6.07, 6.45) is 8.95. The molecule has 4 aromatic heterocycles. The molecule has 1 amide bonds. The van der Waals surface area contributed by atoms with Crippen molar-refractivity contribution in [1.82, 2.24) is 24.3 Å². The fraction of sp³-hybridized carbons (Fsp3) is 0.561. The van der Waals surface area contributed by atoms with Gasteiger partial charge in [-0.15, -0.1) is 0 Å². The normalized spacial score (nSPS) is 15.7. The van der Waals surface area contributed by atoms with E-state index in [1.807, 2.05) is 43.8 Å². The van der Waals surface area contributed by atoms with Gasteiger partial charge in [-0.05, 0) is 120 Å². The molecule has 8 heterocycles. The molecular formula is C66H95N7O6. The third-order valence-electron chi connectivity index (χ3n) is 14.7. The number of pyridine rings is 3. The fourth-order valence-electron chi connectivity index (χ4n) is 9.98.